The molecule has 188 valence electrons. The standard InChI is InChI=1S/C23H30N6O5S/c1-14-11-25-18(12-24-14)15(2)16(3)35(30,31)28-23-27-26-22(17-9-10-34-13-17)29(23)21-19(32-4)7-6-8-20(21)33-5/h6-8,11-12,15-17H,9-10,13H2,1-5H3,(H,27,28)/t15-,16-,17-/m0/s1. The van der Waals surface area contributed by atoms with Crippen LogP contribution in [0.2, 0.25) is 0 Å². The monoisotopic (exact) mass is 502 g/mol. The van der Waals surface area contributed by atoms with Gasteiger partial charge in [-0.05, 0) is 32.4 Å². The van der Waals surface area contributed by atoms with Crippen LogP contribution in [0.15, 0.2) is 30.6 Å². The second kappa shape index (κ2) is 10.2. The van der Waals surface area contributed by atoms with E-state index >= 15 is 0 Å². The number of ether oxygens (including phenoxy) is 3. The predicted molar refractivity (Wildman–Crippen MR) is 130 cm³/mol. The minimum atomic E-state index is -3.90. The summed E-state index contributed by atoms with van der Waals surface area (Å²) in [7, 11) is -0.827. The van der Waals surface area contributed by atoms with Crippen LogP contribution < -0.4 is 14.2 Å². The van der Waals surface area contributed by atoms with Gasteiger partial charge in [0.25, 0.3) is 0 Å². The number of rotatable bonds is 9. The average molecular weight is 503 g/mol. The third-order valence-corrected chi connectivity index (χ3v) is 8.16. The van der Waals surface area contributed by atoms with Gasteiger partial charge in [-0.1, -0.05) is 13.0 Å². The van der Waals surface area contributed by atoms with E-state index in [9.17, 15) is 8.42 Å². The Balaban J connectivity index is 1.76. The van der Waals surface area contributed by atoms with E-state index in [1.807, 2.05) is 6.92 Å². The van der Waals surface area contributed by atoms with Gasteiger partial charge >= 0.3 is 0 Å². The molecule has 0 amide bonds. The molecule has 1 aliphatic rings. The van der Waals surface area contributed by atoms with Crippen LogP contribution in [-0.4, -0.2) is 65.8 Å². The molecule has 1 N–H and O–H groups in total. The first-order chi connectivity index (χ1) is 16.8. The van der Waals surface area contributed by atoms with E-state index in [4.69, 9.17) is 14.2 Å². The molecular formula is C23H30N6O5S. The maximum atomic E-state index is 13.5. The summed E-state index contributed by atoms with van der Waals surface area (Å²) < 4.78 is 48.0. The number of nitrogens with zero attached hydrogens (tertiary/aromatic N) is 5. The van der Waals surface area contributed by atoms with E-state index in [1.54, 1.807) is 49.0 Å². The highest BCUT2D eigenvalue weighted by Crippen LogP contribution is 2.38. The largest absolute Gasteiger partial charge is 0.494 e. The first kappa shape index (κ1) is 24.9. The number of hydrogen-bond donors (Lipinski definition) is 1. The van der Waals surface area contributed by atoms with Crippen molar-refractivity contribution in [1.29, 1.82) is 0 Å². The third kappa shape index (κ3) is 4.94. The van der Waals surface area contributed by atoms with Crippen molar-refractivity contribution in [3.05, 3.63) is 47.8 Å². The number of sulfonamides is 1. The fourth-order valence-electron chi connectivity index (χ4n) is 4.00. The predicted octanol–water partition coefficient (Wildman–Crippen LogP) is 2.82. The van der Waals surface area contributed by atoms with Gasteiger partial charge in [-0.3, -0.25) is 19.3 Å². The highest BCUT2D eigenvalue weighted by Gasteiger charge is 2.33. The van der Waals surface area contributed by atoms with Crippen LogP contribution in [0.4, 0.5) is 5.95 Å². The zero-order valence-electron chi connectivity index (χ0n) is 20.4. The van der Waals surface area contributed by atoms with E-state index in [2.05, 4.69) is 24.9 Å². The van der Waals surface area contributed by atoms with Gasteiger partial charge in [-0.15, -0.1) is 10.2 Å². The molecule has 12 heteroatoms. The molecule has 1 saturated heterocycles. The van der Waals surface area contributed by atoms with Crippen molar-refractivity contribution in [2.45, 2.75) is 44.3 Å². The van der Waals surface area contributed by atoms with Crippen LogP contribution in [-0.2, 0) is 14.8 Å². The summed E-state index contributed by atoms with van der Waals surface area (Å²) in [4.78, 5) is 8.60. The molecule has 4 rings (SSSR count). The Kier molecular flexibility index (Phi) is 7.22. The lowest BCUT2D eigenvalue weighted by atomic mass is 10.1. The number of para-hydroxylation sites is 1. The van der Waals surface area contributed by atoms with Crippen molar-refractivity contribution in [2.75, 3.05) is 32.2 Å². The Morgan fingerprint density at radius 2 is 1.83 bits per heavy atom. The number of anilines is 1. The van der Waals surface area contributed by atoms with Crippen LogP contribution in [0.5, 0.6) is 11.5 Å². The van der Waals surface area contributed by atoms with Crippen molar-refractivity contribution in [1.82, 2.24) is 24.7 Å². The van der Waals surface area contributed by atoms with Gasteiger partial charge in [0.15, 0.2) is 0 Å². The molecule has 0 aliphatic carbocycles. The van der Waals surface area contributed by atoms with E-state index in [0.29, 0.717) is 41.9 Å². The van der Waals surface area contributed by atoms with Gasteiger partial charge in [0.1, 0.15) is 23.0 Å². The van der Waals surface area contributed by atoms with Crippen molar-refractivity contribution in [3.63, 3.8) is 0 Å². The Morgan fingerprint density at radius 3 is 2.40 bits per heavy atom. The summed E-state index contributed by atoms with van der Waals surface area (Å²) in [6.45, 7) is 6.31. The molecule has 1 aromatic carbocycles. The highest BCUT2D eigenvalue weighted by molar-refractivity contribution is 7.93. The van der Waals surface area contributed by atoms with Gasteiger partial charge in [0.2, 0.25) is 16.0 Å². The summed E-state index contributed by atoms with van der Waals surface area (Å²) in [6.07, 6.45) is 3.97. The van der Waals surface area contributed by atoms with Gasteiger partial charge in [0, 0.05) is 30.8 Å². The summed E-state index contributed by atoms with van der Waals surface area (Å²) in [6, 6.07) is 5.33. The van der Waals surface area contributed by atoms with Gasteiger partial charge in [0.05, 0.1) is 37.5 Å². The van der Waals surface area contributed by atoms with E-state index in [-0.39, 0.29) is 11.9 Å². The van der Waals surface area contributed by atoms with Gasteiger partial charge < -0.3 is 14.2 Å². The van der Waals surface area contributed by atoms with Crippen LogP contribution in [0.1, 0.15) is 49.3 Å². The Morgan fingerprint density at radius 1 is 1.11 bits per heavy atom. The first-order valence-corrected chi connectivity index (χ1v) is 12.9. The lowest BCUT2D eigenvalue weighted by Crippen LogP contribution is -2.31. The molecule has 3 atom stereocenters. The first-order valence-electron chi connectivity index (χ1n) is 11.3. The number of hydrogen-bond acceptors (Lipinski definition) is 9. The topological polar surface area (TPSA) is 130 Å². The smallest absolute Gasteiger partial charge is 0.243 e. The molecular weight excluding hydrogens is 472 g/mol. The third-order valence-electron chi connectivity index (χ3n) is 6.30. The number of aromatic nitrogens is 5. The summed E-state index contributed by atoms with van der Waals surface area (Å²) in [5, 5.41) is 7.75. The van der Waals surface area contributed by atoms with Crippen molar-refractivity contribution >= 4 is 16.0 Å². The molecule has 35 heavy (non-hydrogen) atoms. The second-order valence-electron chi connectivity index (χ2n) is 8.51. The number of methoxy groups -OCH3 is 2. The second-order valence-corrected chi connectivity index (χ2v) is 10.6. The fraction of sp³-hybridized carbons (Fsp3) is 0.478. The van der Waals surface area contributed by atoms with E-state index in [0.717, 1.165) is 12.1 Å². The van der Waals surface area contributed by atoms with E-state index < -0.39 is 21.2 Å². The minimum Gasteiger partial charge on any atom is -0.494 e. The molecule has 2 aromatic heterocycles. The van der Waals surface area contributed by atoms with Crippen LogP contribution in [0.3, 0.4) is 0 Å². The number of benzene rings is 1. The maximum absolute atomic E-state index is 13.5. The normalized spacial score (nSPS) is 17.7. The van der Waals surface area contributed by atoms with Crippen molar-refractivity contribution < 1.29 is 22.6 Å². The summed E-state index contributed by atoms with van der Waals surface area (Å²) >= 11 is 0. The molecule has 11 nitrogen and oxygen atoms in total. The number of nitrogens with one attached hydrogen (secondary N) is 1. The minimum absolute atomic E-state index is 0.0451. The number of aryl methyl sites for hydroxylation is 1. The van der Waals surface area contributed by atoms with E-state index in [1.165, 1.54) is 14.2 Å². The molecule has 3 heterocycles. The molecule has 0 unspecified atom stereocenters. The highest BCUT2D eigenvalue weighted by atomic mass is 32.2. The Hall–Kier alpha value is -3.25. The van der Waals surface area contributed by atoms with Crippen LogP contribution in [0.25, 0.3) is 5.69 Å². The Labute approximate surface area is 204 Å². The molecule has 1 fully saturated rings. The molecule has 0 radical (unpaired) electrons. The van der Waals surface area contributed by atoms with Crippen LogP contribution >= 0.6 is 0 Å². The molecule has 0 bridgehead atoms. The fourth-order valence-corrected chi connectivity index (χ4v) is 5.25. The SMILES string of the molecule is COc1cccc(OC)c1-n1c(NS(=O)(=O)[C@@H](C)[C@H](C)c2cnc(C)cn2)nnc1[C@H]1CCOC1. The molecule has 1 aliphatic heterocycles. The quantitative estimate of drug-likeness (QED) is 0.469. The zero-order valence-corrected chi connectivity index (χ0v) is 21.2. The molecule has 0 saturated carbocycles. The lowest BCUT2D eigenvalue weighted by Gasteiger charge is -2.22. The van der Waals surface area contributed by atoms with Crippen LogP contribution in [0, 0.1) is 6.92 Å². The average Bonchev–Trinajstić information content (AvgIpc) is 3.52. The maximum Gasteiger partial charge on any atom is 0.243 e. The Bertz CT molecular complexity index is 1250. The molecule has 3 aromatic rings. The molecule has 0 spiro atoms. The van der Waals surface area contributed by atoms with Crippen molar-refractivity contribution in [3.8, 4) is 17.2 Å². The van der Waals surface area contributed by atoms with Gasteiger partial charge in [-0.25, -0.2) is 8.42 Å². The van der Waals surface area contributed by atoms with Gasteiger partial charge in [-0.2, -0.15) is 0 Å². The zero-order chi connectivity index (χ0) is 25.2. The lowest BCUT2D eigenvalue weighted by molar-refractivity contribution is 0.193. The summed E-state index contributed by atoms with van der Waals surface area (Å²) in [5.41, 5.74) is 1.86. The van der Waals surface area contributed by atoms with Crippen molar-refractivity contribution in [2.24, 2.45) is 0 Å². The summed E-state index contributed by atoms with van der Waals surface area (Å²) in [5.74, 6) is 1.11.